The van der Waals surface area contributed by atoms with Crippen LogP contribution in [-0.2, 0) is 19.6 Å². The minimum Gasteiger partial charge on any atom is -0.480 e. The van der Waals surface area contributed by atoms with Gasteiger partial charge in [-0.1, -0.05) is 24.3 Å². The molecule has 1 aliphatic rings. The van der Waals surface area contributed by atoms with Crippen molar-refractivity contribution in [1.29, 1.82) is 0 Å². The third-order valence-corrected chi connectivity index (χ3v) is 6.63. The number of imidazole rings is 1. The quantitative estimate of drug-likeness (QED) is 0.335. The number of fused-ring (bicyclic) bond motifs is 1. The first-order valence-corrected chi connectivity index (χ1v) is 12.0. The number of hydrogen-bond donors (Lipinski definition) is 1. The van der Waals surface area contributed by atoms with E-state index in [0.717, 1.165) is 36.0 Å². The Morgan fingerprint density at radius 3 is 2.47 bits per heavy atom. The van der Waals surface area contributed by atoms with Gasteiger partial charge < -0.3 is 9.30 Å². The molecule has 0 bridgehead atoms. The molecule has 194 valence electrons. The van der Waals surface area contributed by atoms with Crippen LogP contribution in [0.3, 0.4) is 0 Å². The van der Waals surface area contributed by atoms with Crippen LogP contribution in [0.2, 0.25) is 0 Å². The van der Waals surface area contributed by atoms with Gasteiger partial charge in [-0.3, -0.25) is 5.10 Å². The number of hydrogen-bond acceptors (Lipinski definition) is 7. The Morgan fingerprint density at radius 2 is 1.82 bits per heavy atom. The van der Waals surface area contributed by atoms with Crippen molar-refractivity contribution in [2.24, 2.45) is 7.05 Å². The maximum Gasteiger partial charge on any atom is 0.434 e. The molecule has 0 spiro atoms. The minimum atomic E-state index is -4.49. The molecule has 0 radical (unpaired) electrons. The minimum absolute atomic E-state index is 0.245. The summed E-state index contributed by atoms with van der Waals surface area (Å²) < 4.78 is 46.1. The molecule has 1 aromatic carbocycles. The molecule has 1 N–H and O–H groups in total. The maximum absolute atomic E-state index is 13.1. The van der Waals surface area contributed by atoms with E-state index >= 15 is 0 Å². The van der Waals surface area contributed by atoms with Crippen molar-refractivity contribution >= 4 is 11.0 Å². The summed E-state index contributed by atoms with van der Waals surface area (Å²) in [5.74, 6) is 1.51. The highest BCUT2D eigenvalue weighted by atomic mass is 19.4. The van der Waals surface area contributed by atoms with Gasteiger partial charge in [-0.15, -0.1) is 0 Å². The summed E-state index contributed by atoms with van der Waals surface area (Å²) in [5, 5.41) is 7.51. The van der Waals surface area contributed by atoms with Gasteiger partial charge in [-0.2, -0.15) is 18.3 Å². The standard InChI is InChI=1S/C26H23F3N8O/c1-13-20-22(34-23(32-13)19-21(15-8-9-15)30-12-31-25(19)38-3)17(35-36-20)10-14-4-6-16(7-5-14)24-33-18(11-37(24)2)26(27,28)29/h4-7,11-12,15H,8-10H2,1-3H3,(H,35,36). The topological polar surface area (TPSA) is 107 Å². The maximum atomic E-state index is 13.1. The molecule has 0 unspecified atom stereocenters. The van der Waals surface area contributed by atoms with E-state index in [-0.39, 0.29) is 5.82 Å². The van der Waals surface area contributed by atoms with E-state index in [1.807, 2.05) is 19.1 Å². The van der Waals surface area contributed by atoms with Crippen LogP contribution in [0.5, 0.6) is 5.88 Å². The van der Waals surface area contributed by atoms with Gasteiger partial charge in [-0.25, -0.2) is 24.9 Å². The van der Waals surface area contributed by atoms with Crippen LogP contribution in [0.25, 0.3) is 33.8 Å². The van der Waals surface area contributed by atoms with E-state index in [9.17, 15) is 13.2 Å². The molecule has 38 heavy (non-hydrogen) atoms. The second-order valence-corrected chi connectivity index (χ2v) is 9.38. The molecule has 4 heterocycles. The highest BCUT2D eigenvalue weighted by Gasteiger charge is 2.35. The second kappa shape index (κ2) is 8.89. The van der Waals surface area contributed by atoms with Gasteiger partial charge in [0.25, 0.3) is 0 Å². The summed E-state index contributed by atoms with van der Waals surface area (Å²) in [4.78, 5) is 22.1. The van der Waals surface area contributed by atoms with Crippen LogP contribution in [0.1, 0.15) is 47.1 Å². The highest BCUT2D eigenvalue weighted by Crippen LogP contribution is 2.45. The average molecular weight is 521 g/mol. The SMILES string of the molecule is COc1ncnc(C2CC2)c1-c1nc(C)c2n[nH]c(Cc3ccc(-c4nc(C(F)(F)F)cn4C)cc3)c2n1. The zero-order chi connectivity index (χ0) is 26.6. The number of nitrogens with zero attached hydrogens (tertiary/aromatic N) is 7. The average Bonchev–Trinajstić information content (AvgIpc) is 3.55. The third kappa shape index (κ3) is 4.25. The van der Waals surface area contributed by atoms with Crippen molar-refractivity contribution in [2.45, 2.75) is 38.3 Å². The van der Waals surface area contributed by atoms with Crippen molar-refractivity contribution in [1.82, 2.24) is 39.7 Å². The Morgan fingerprint density at radius 1 is 1.05 bits per heavy atom. The largest absolute Gasteiger partial charge is 0.480 e. The molecule has 4 aromatic heterocycles. The highest BCUT2D eigenvalue weighted by molar-refractivity contribution is 5.82. The first-order valence-electron chi connectivity index (χ1n) is 12.0. The van der Waals surface area contributed by atoms with Gasteiger partial charge >= 0.3 is 6.18 Å². The zero-order valence-corrected chi connectivity index (χ0v) is 20.8. The number of halogens is 3. The molecule has 6 rings (SSSR count). The summed E-state index contributed by atoms with van der Waals surface area (Å²) in [6.45, 7) is 1.88. The fourth-order valence-electron chi connectivity index (χ4n) is 4.58. The first kappa shape index (κ1) is 24.0. The predicted molar refractivity (Wildman–Crippen MR) is 132 cm³/mol. The zero-order valence-electron chi connectivity index (χ0n) is 20.8. The van der Waals surface area contributed by atoms with Crippen molar-refractivity contribution in [3.8, 4) is 28.7 Å². The van der Waals surface area contributed by atoms with E-state index < -0.39 is 11.9 Å². The number of methoxy groups -OCH3 is 1. The number of aryl methyl sites for hydroxylation is 2. The van der Waals surface area contributed by atoms with Gasteiger partial charge in [-0.05, 0) is 25.3 Å². The Balaban J connectivity index is 1.34. The fraction of sp³-hybridized carbons (Fsp3) is 0.308. The second-order valence-electron chi connectivity index (χ2n) is 9.38. The number of benzene rings is 1. The van der Waals surface area contributed by atoms with Crippen LogP contribution < -0.4 is 4.74 Å². The summed E-state index contributed by atoms with van der Waals surface area (Å²) in [7, 11) is 3.11. The number of nitrogens with one attached hydrogen (secondary N) is 1. The Hall–Kier alpha value is -4.35. The lowest BCUT2D eigenvalue weighted by molar-refractivity contribution is -0.140. The predicted octanol–water partition coefficient (Wildman–Crippen LogP) is 5.01. The van der Waals surface area contributed by atoms with E-state index in [2.05, 4.69) is 25.1 Å². The molecule has 9 nitrogen and oxygen atoms in total. The summed E-state index contributed by atoms with van der Waals surface area (Å²) >= 11 is 0. The Bertz CT molecular complexity index is 1650. The number of ether oxygens (including phenoxy) is 1. The molecule has 0 atom stereocenters. The van der Waals surface area contributed by atoms with Gasteiger partial charge in [0.05, 0.1) is 24.2 Å². The molecular weight excluding hydrogens is 497 g/mol. The number of aromatic amines is 1. The van der Waals surface area contributed by atoms with Crippen molar-refractivity contribution in [3.63, 3.8) is 0 Å². The normalized spacial score (nSPS) is 13.8. The van der Waals surface area contributed by atoms with Crippen LogP contribution in [-0.4, -0.2) is 46.8 Å². The molecule has 1 fully saturated rings. The Kier molecular flexibility index (Phi) is 5.62. The van der Waals surface area contributed by atoms with E-state index in [1.54, 1.807) is 26.3 Å². The summed E-state index contributed by atoms with van der Waals surface area (Å²) in [5.41, 5.74) is 5.04. The van der Waals surface area contributed by atoms with Gasteiger partial charge in [0.1, 0.15) is 28.7 Å². The lowest BCUT2D eigenvalue weighted by Crippen LogP contribution is -2.04. The third-order valence-electron chi connectivity index (χ3n) is 6.63. The van der Waals surface area contributed by atoms with Crippen molar-refractivity contribution < 1.29 is 17.9 Å². The van der Waals surface area contributed by atoms with Crippen LogP contribution >= 0.6 is 0 Å². The van der Waals surface area contributed by atoms with E-state index in [0.29, 0.717) is 51.9 Å². The Labute approximate surface area is 215 Å². The first-order chi connectivity index (χ1) is 18.2. The number of rotatable bonds is 6. The van der Waals surface area contributed by atoms with Crippen LogP contribution in [0.4, 0.5) is 13.2 Å². The lowest BCUT2D eigenvalue weighted by atomic mass is 10.1. The summed E-state index contributed by atoms with van der Waals surface area (Å²) in [6.07, 6.45) is 0.587. The van der Waals surface area contributed by atoms with Crippen molar-refractivity contribution in [3.05, 3.63) is 65.1 Å². The monoisotopic (exact) mass is 520 g/mol. The number of alkyl halides is 3. The molecule has 0 aliphatic heterocycles. The van der Waals surface area contributed by atoms with Crippen LogP contribution in [0.15, 0.2) is 36.8 Å². The smallest absolute Gasteiger partial charge is 0.434 e. The molecule has 0 saturated heterocycles. The molecule has 12 heteroatoms. The van der Waals surface area contributed by atoms with Gasteiger partial charge in [0, 0.05) is 31.1 Å². The molecule has 5 aromatic rings. The summed E-state index contributed by atoms with van der Waals surface area (Å²) in [6, 6.07) is 7.24. The molecule has 1 aliphatic carbocycles. The number of aromatic nitrogens is 8. The van der Waals surface area contributed by atoms with E-state index in [1.165, 1.54) is 10.9 Å². The van der Waals surface area contributed by atoms with Gasteiger partial charge in [0.15, 0.2) is 11.5 Å². The lowest BCUT2D eigenvalue weighted by Gasteiger charge is -2.11. The molecule has 1 saturated carbocycles. The molecular formula is C26H23F3N8O. The number of H-pyrrole nitrogens is 1. The van der Waals surface area contributed by atoms with E-state index in [4.69, 9.17) is 14.7 Å². The van der Waals surface area contributed by atoms with Crippen molar-refractivity contribution in [2.75, 3.05) is 7.11 Å². The van der Waals surface area contributed by atoms with Gasteiger partial charge in [0.2, 0.25) is 5.88 Å². The van der Waals surface area contributed by atoms with Crippen LogP contribution in [0, 0.1) is 6.92 Å². The molecule has 0 amide bonds. The fourth-order valence-corrected chi connectivity index (χ4v) is 4.58.